The predicted molar refractivity (Wildman–Crippen MR) is 30.3 cm³/mol. The third-order valence-electron chi connectivity index (χ3n) is 1.35. The Morgan fingerprint density at radius 1 is 0.800 bits per heavy atom. The smallest absolute Gasteiger partial charge is 0.210 e. The third-order valence-corrected chi connectivity index (χ3v) is 1.35. The minimum absolute atomic E-state index is 0.667. The first kappa shape index (κ1) is 9.72. The molecule has 10 heavy (non-hydrogen) atoms. The number of alkyl halides is 4. The molecule has 0 bridgehead atoms. The Hall–Kier alpha value is -0.280. The highest BCUT2D eigenvalue weighted by Gasteiger charge is 2.32. The van der Waals surface area contributed by atoms with Crippen molar-refractivity contribution in [3.63, 3.8) is 0 Å². The summed E-state index contributed by atoms with van der Waals surface area (Å²) in [6.07, 6.45) is -5.83. The zero-order chi connectivity index (χ0) is 8.31. The van der Waals surface area contributed by atoms with Crippen LogP contribution in [0.1, 0.15) is 13.8 Å². The molecule has 0 heterocycles. The number of rotatable bonds is 3. The Labute approximate surface area is 57.2 Å². The lowest BCUT2D eigenvalue weighted by Gasteiger charge is -2.17. The SMILES string of the molecule is CC(C)C(C(F)F)C(F)F. The summed E-state index contributed by atoms with van der Waals surface area (Å²) < 4.78 is 46.9. The van der Waals surface area contributed by atoms with Crippen molar-refractivity contribution in [1.82, 2.24) is 0 Å². The highest BCUT2D eigenvalue weighted by atomic mass is 19.3. The monoisotopic (exact) mass is 158 g/mol. The highest BCUT2D eigenvalue weighted by Crippen LogP contribution is 2.25. The molecule has 0 aliphatic heterocycles. The van der Waals surface area contributed by atoms with Gasteiger partial charge in [-0.25, -0.2) is 17.6 Å². The van der Waals surface area contributed by atoms with Gasteiger partial charge in [0.1, 0.15) is 0 Å². The van der Waals surface area contributed by atoms with Crippen LogP contribution in [0, 0.1) is 11.8 Å². The van der Waals surface area contributed by atoms with Gasteiger partial charge >= 0.3 is 0 Å². The van der Waals surface area contributed by atoms with Crippen molar-refractivity contribution in [3.8, 4) is 0 Å². The minimum atomic E-state index is -2.92. The van der Waals surface area contributed by atoms with Crippen LogP contribution in [0.15, 0.2) is 0 Å². The number of hydrogen-bond acceptors (Lipinski definition) is 0. The Morgan fingerprint density at radius 3 is 1.10 bits per heavy atom. The van der Waals surface area contributed by atoms with E-state index in [1.54, 1.807) is 0 Å². The Morgan fingerprint density at radius 2 is 1.10 bits per heavy atom. The molecule has 0 aliphatic rings. The van der Waals surface area contributed by atoms with Crippen LogP contribution in [0.2, 0.25) is 0 Å². The van der Waals surface area contributed by atoms with Crippen molar-refractivity contribution >= 4 is 0 Å². The standard InChI is InChI=1S/C6H10F4/c1-3(2)4(5(7)8)6(9)10/h3-6H,1-2H3. The highest BCUT2D eigenvalue weighted by molar-refractivity contribution is 4.67. The van der Waals surface area contributed by atoms with Crippen LogP contribution in [0.5, 0.6) is 0 Å². The fraction of sp³-hybridized carbons (Fsp3) is 1.00. The fourth-order valence-corrected chi connectivity index (χ4v) is 0.692. The van der Waals surface area contributed by atoms with Crippen molar-refractivity contribution in [2.75, 3.05) is 0 Å². The average molecular weight is 158 g/mol. The van der Waals surface area contributed by atoms with Crippen LogP contribution in [-0.2, 0) is 0 Å². The van der Waals surface area contributed by atoms with Gasteiger partial charge in [-0.05, 0) is 5.92 Å². The summed E-state index contributed by atoms with van der Waals surface area (Å²) in [5.41, 5.74) is 0. The molecule has 0 nitrogen and oxygen atoms in total. The Balaban J connectivity index is 3.98. The first-order valence-corrected chi connectivity index (χ1v) is 3.03. The maximum atomic E-state index is 11.7. The van der Waals surface area contributed by atoms with Gasteiger partial charge in [0.25, 0.3) is 0 Å². The van der Waals surface area contributed by atoms with Gasteiger partial charge in [-0.2, -0.15) is 0 Å². The molecule has 0 aromatic carbocycles. The molecule has 4 heteroatoms. The van der Waals surface area contributed by atoms with E-state index >= 15 is 0 Å². The summed E-state index contributed by atoms with van der Waals surface area (Å²) in [4.78, 5) is 0. The molecular weight excluding hydrogens is 148 g/mol. The summed E-state index contributed by atoms with van der Waals surface area (Å²) in [6, 6.07) is 0. The molecule has 0 unspecified atom stereocenters. The van der Waals surface area contributed by atoms with Crippen LogP contribution < -0.4 is 0 Å². The number of hydrogen-bond donors (Lipinski definition) is 0. The lowest BCUT2D eigenvalue weighted by atomic mass is 9.97. The zero-order valence-corrected chi connectivity index (χ0v) is 5.82. The quantitative estimate of drug-likeness (QED) is 0.554. The van der Waals surface area contributed by atoms with Crippen LogP contribution in [0.25, 0.3) is 0 Å². The average Bonchev–Trinajstić information content (AvgIpc) is 1.59. The molecule has 0 aliphatic carbocycles. The van der Waals surface area contributed by atoms with E-state index in [-0.39, 0.29) is 0 Å². The van der Waals surface area contributed by atoms with E-state index in [1.807, 2.05) is 0 Å². The Bertz CT molecular complexity index is 70.7. The lowest BCUT2D eigenvalue weighted by Crippen LogP contribution is -2.25. The normalized spacial score (nSPS) is 12.6. The van der Waals surface area contributed by atoms with Crippen molar-refractivity contribution in [2.45, 2.75) is 26.7 Å². The van der Waals surface area contributed by atoms with Gasteiger partial charge in [-0.3, -0.25) is 0 Å². The molecule has 0 saturated heterocycles. The Kier molecular flexibility index (Phi) is 3.68. The predicted octanol–water partition coefficient (Wildman–Crippen LogP) is 2.79. The maximum absolute atomic E-state index is 11.7. The van der Waals surface area contributed by atoms with Crippen molar-refractivity contribution in [3.05, 3.63) is 0 Å². The molecule has 0 atom stereocenters. The van der Waals surface area contributed by atoms with Gasteiger partial charge < -0.3 is 0 Å². The van der Waals surface area contributed by atoms with Crippen LogP contribution in [0.3, 0.4) is 0 Å². The number of halogens is 4. The molecular formula is C6H10F4. The van der Waals surface area contributed by atoms with Gasteiger partial charge in [-0.1, -0.05) is 13.8 Å². The second-order valence-electron chi connectivity index (χ2n) is 2.49. The molecule has 0 rings (SSSR count). The van der Waals surface area contributed by atoms with Gasteiger partial charge in [0.15, 0.2) is 0 Å². The van der Waals surface area contributed by atoms with Crippen molar-refractivity contribution in [2.24, 2.45) is 11.8 Å². The van der Waals surface area contributed by atoms with Gasteiger partial charge in [0.2, 0.25) is 12.9 Å². The largest absolute Gasteiger partial charge is 0.247 e. The van der Waals surface area contributed by atoms with Crippen molar-refractivity contribution in [1.29, 1.82) is 0 Å². The first-order chi connectivity index (χ1) is 4.46. The van der Waals surface area contributed by atoms with E-state index in [4.69, 9.17) is 0 Å². The maximum Gasteiger partial charge on any atom is 0.247 e. The van der Waals surface area contributed by atoms with Crippen molar-refractivity contribution < 1.29 is 17.6 Å². The summed E-state index contributed by atoms with van der Waals surface area (Å²) in [5.74, 6) is -2.44. The lowest BCUT2D eigenvalue weighted by molar-refractivity contribution is -0.0487. The topological polar surface area (TPSA) is 0 Å². The third kappa shape index (κ3) is 2.54. The molecule has 0 aromatic heterocycles. The summed E-state index contributed by atoms with van der Waals surface area (Å²) in [6.45, 7) is 2.73. The molecule has 0 N–H and O–H groups in total. The van der Waals surface area contributed by atoms with Gasteiger partial charge in [0.05, 0.1) is 5.92 Å². The van der Waals surface area contributed by atoms with E-state index in [1.165, 1.54) is 13.8 Å². The molecule has 0 fully saturated rings. The van der Waals surface area contributed by atoms with Gasteiger partial charge in [0, 0.05) is 0 Å². The van der Waals surface area contributed by atoms with Crippen LogP contribution >= 0.6 is 0 Å². The van der Waals surface area contributed by atoms with Crippen LogP contribution in [0.4, 0.5) is 17.6 Å². The minimum Gasteiger partial charge on any atom is -0.210 e. The van der Waals surface area contributed by atoms with E-state index in [0.717, 1.165) is 0 Å². The molecule has 0 spiro atoms. The molecule has 0 saturated carbocycles. The summed E-state index contributed by atoms with van der Waals surface area (Å²) in [7, 11) is 0. The zero-order valence-electron chi connectivity index (χ0n) is 5.82. The second-order valence-corrected chi connectivity index (χ2v) is 2.49. The summed E-state index contributed by atoms with van der Waals surface area (Å²) >= 11 is 0. The molecule has 0 amide bonds. The van der Waals surface area contributed by atoms with Gasteiger partial charge in [-0.15, -0.1) is 0 Å². The van der Waals surface area contributed by atoms with E-state index < -0.39 is 24.7 Å². The van der Waals surface area contributed by atoms with E-state index in [2.05, 4.69) is 0 Å². The van der Waals surface area contributed by atoms with E-state index in [9.17, 15) is 17.6 Å². The summed E-state index contributed by atoms with van der Waals surface area (Å²) in [5, 5.41) is 0. The molecule has 62 valence electrons. The fourth-order valence-electron chi connectivity index (χ4n) is 0.692. The van der Waals surface area contributed by atoms with E-state index in [0.29, 0.717) is 0 Å². The second kappa shape index (κ2) is 3.78. The molecule has 0 aromatic rings. The first-order valence-electron chi connectivity index (χ1n) is 3.03. The molecule has 0 radical (unpaired) electrons. The van der Waals surface area contributed by atoms with Crippen LogP contribution in [-0.4, -0.2) is 12.9 Å².